The predicted molar refractivity (Wildman–Crippen MR) is 78.0 cm³/mol. The van der Waals surface area contributed by atoms with Gasteiger partial charge >= 0.3 is 5.69 Å². The lowest BCUT2D eigenvalue weighted by Crippen LogP contribution is -2.26. The molecule has 2 N–H and O–H groups in total. The summed E-state index contributed by atoms with van der Waals surface area (Å²) >= 11 is 0. The summed E-state index contributed by atoms with van der Waals surface area (Å²) < 4.78 is 23.4. The maximum Gasteiger partial charge on any atom is 0.310 e. The topological polar surface area (TPSA) is 110 Å². The summed E-state index contributed by atoms with van der Waals surface area (Å²) in [6, 6.07) is 4.13. The first-order valence-electron chi connectivity index (χ1n) is 6.69. The van der Waals surface area contributed by atoms with E-state index in [9.17, 15) is 23.6 Å². The van der Waals surface area contributed by atoms with Gasteiger partial charge in [-0.15, -0.1) is 0 Å². The highest BCUT2D eigenvalue weighted by Gasteiger charge is 2.31. The predicted octanol–water partition coefficient (Wildman–Crippen LogP) is 1.57. The molecular weight excluding hydrogens is 296 g/mol. The number of para-hydroxylation sites is 1. The molecule has 0 aromatic heterocycles. The average molecular weight is 314 g/mol. The maximum absolute atomic E-state index is 11.7. The molecule has 0 radical (unpaired) electrons. The molecule has 8 heteroatoms. The molecule has 0 heterocycles. The Balaban J connectivity index is 2.42. The molecule has 7 nitrogen and oxygen atoms in total. The quantitative estimate of drug-likeness (QED) is 0.630. The largest absolute Gasteiger partial charge is 0.396 e. The van der Waals surface area contributed by atoms with E-state index in [0.29, 0.717) is 0 Å². The summed E-state index contributed by atoms with van der Waals surface area (Å²) in [4.78, 5) is 10.3. The molecule has 1 aliphatic rings. The molecule has 2 unspecified atom stereocenters. The van der Waals surface area contributed by atoms with Crippen LogP contribution in [0.5, 0.6) is 0 Å². The average Bonchev–Trinajstić information content (AvgIpc) is 2.84. The van der Waals surface area contributed by atoms with Gasteiger partial charge in [-0.1, -0.05) is 12.5 Å². The summed E-state index contributed by atoms with van der Waals surface area (Å²) in [7, 11) is -3.68. The molecule has 2 rings (SSSR count). The van der Waals surface area contributed by atoms with Crippen LogP contribution in [0.1, 0.15) is 19.3 Å². The lowest BCUT2D eigenvalue weighted by Gasteiger charge is -2.20. The van der Waals surface area contributed by atoms with Crippen molar-refractivity contribution in [1.29, 1.82) is 0 Å². The molecule has 0 amide bonds. The van der Waals surface area contributed by atoms with Crippen molar-refractivity contribution in [3.8, 4) is 0 Å². The second-order valence-corrected chi connectivity index (χ2v) is 7.29. The standard InChI is InChI=1S/C13H18N2O5S/c1-21(19,20)12-7-3-6-11(13(12)15(17)18)14-10-5-2-4-9(10)8-16/h3,6-7,9-10,14,16H,2,4-5,8H2,1H3. The first-order valence-corrected chi connectivity index (χ1v) is 8.58. The van der Waals surface area contributed by atoms with Crippen molar-refractivity contribution in [2.75, 3.05) is 18.2 Å². The molecule has 2 atom stereocenters. The highest BCUT2D eigenvalue weighted by atomic mass is 32.2. The molecule has 1 saturated carbocycles. The van der Waals surface area contributed by atoms with Gasteiger partial charge < -0.3 is 10.4 Å². The number of benzene rings is 1. The van der Waals surface area contributed by atoms with Gasteiger partial charge in [-0.25, -0.2) is 8.42 Å². The number of anilines is 1. The molecule has 1 aliphatic carbocycles. The molecule has 116 valence electrons. The Morgan fingerprint density at radius 2 is 2.14 bits per heavy atom. The zero-order chi connectivity index (χ0) is 15.6. The Morgan fingerprint density at radius 3 is 2.71 bits per heavy atom. The molecule has 0 spiro atoms. The van der Waals surface area contributed by atoms with Gasteiger partial charge in [0.25, 0.3) is 0 Å². The van der Waals surface area contributed by atoms with E-state index in [2.05, 4.69) is 5.32 Å². The van der Waals surface area contributed by atoms with Crippen LogP contribution in [0.2, 0.25) is 0 Å². The number of hydrogen-bond acceptors (Lipinski definition) is 6. The number of nitrogens with zero attached hydrogens (tertiary/aromatic N) is 1. The monoisotopic (exact) mass is 314 g/mol. The van der Waals surface area contributed by atoms with Crippen LogP contribution in [0.15, 0.2) is 23.1 Å². The lowest BCUT2D eigenvalue weighted by molar-refractivity contribution is -0.386. The van der Waals surface area contributed by atoms with E-state index in [1.54, 1.807) is 0 Å². The third-order valence-corrected chi connectivity index (χ3v) is 4.94. The second kappa shape index (κ2) is 5.98. The van der Waals surface area contributed by atoms with Crippen LogP contribution < -0.4 is 5.32 Å². The minimum atomic E-state index is -3.68. The van der Waals surface area contributed by atoms with E-state index in [-0.39, 0.29) is 29.1 Å². The summed E-state index contributed by atoms with van der Waals surface area (Å²) in [5.74, 6) is 0.0338. The third-order valence-electron chi connectivity index (χ3n) is 3.82. The number of aliphatic hydroxyl groups excluding tert-OH is 1. The Kier molecular flexibility index (Phi) is 4.48. The molecule has 0 aliphatic heterocycles. The van der Waals surface area contributed by atoms with Gasteiger partial charge in [0.05, 0.1) is 4.92 Å². The van der Waals surface area contributed by atoms with Crippen LogP contribution in [-0.4, -0.2) is 37.4 Å². The van der Waals surface area contributed by atoms with Crippen molar-refractivity contribution in [2.24, 2.45) is 5.92 Å². The van der Waals surface area contributed by atoms with Crippen molar-refractivity contribution in [2.45, 2.75) is 30.2 Å². The molecular formula is C13H18N2O5S. The van der Waals surface area contributed by atoms with Crippen LogP contribution in [0, 0.1) is 16.0 Å². The summed E-state index contributed by atoms with van der Waals surface area (Å²) in [5.41, 5.74) is -0.239. The fraction of sp³-hybridized carbons (Fsp3) is 0.538. The SMILES string of the molecule is CS(=O)(=O)c1cccc(NC2CCCC2CO)c1[N+](=O)[O-]. The summed E-state index contributed by atoms with van der Waals surface area (Å²) in [5, 5.41) is 23.6. The Morgan fingerprint density at radius 1 is 1.43 bits per heavy atom. The number of rotatable bonds is 5. The van der Waals surface area contributed by atoms with E-state index in [4.69, 9.17) is 0 Å². The number of nitro benzene ring substituents is 1. The van der Waals surface area contributed by atoms with Gasteiger partial charge in [0.15, 0.2) is 9.84 Å². The summed E-state index contributed by atoms with van der Waals surface area (Å²) in [6.07, 6.45) is 3.53. The minimum absolute atomic E-state index is 0.0111. The number of nitrogens with one attached hydrogen (secondary N) is 1. The third kappa shape index (κ3) is 3.33. The van der Waals surface area contributed by atoms with Crippen LogP contribution >= 0.6 is 0 Å². The summed E-state index contributed by atoms with van der Waals surface area (Å²) in [6.45, 7) is 0.0111. The molecule has 21 heavy (non-hydrogen) atoms. The molecule has 1 fully saturated rings. The van der Waals surface area contributed by atoms with Gasteiger partial charge in [0.1, 0.15) is 10.6 Å². The number of hydrogen-bond donors (Lipinski definition) is 2. The van der Waals surface area contributed by atoms with E-state index < -0.39 is 20.4 Å². The van der Waals surface area contributed by atoms with E-state index in [0.717, 1.165) is 25.5 Å². The van der Waals surface area contributed by atoms with E-state index >= 15 is 0 Å². The first kappa shape index (κ1) is 15.7. The zero-order valence-corrected chi connectivity index (χ0v) is 12.5. The van der Waals surface area contributed by atoms with Crippen molar-refractivity contribution < 1.29 is 18.4 Å². The Labute approximate surface area is 123 Å². The number of sulfone groups is 1. The zero-order valence-electron chi connectivity index (χ0n) is 11.7. The highest BCUT2D eigenvalue weighted by Crippen LogP contribution is 2.35. The number of aliphatic hydroxyl groups is 1. The van der Waals surface area contributed by atoms with E-state index in [1.165, 1.54) is 18.2 Å². The highest BCUT2D eigenvalue weighted by molar-refractivity contribution is 7.90. The molecule has 1 aromatic rings. The van der Waals surface area contributed by atoms with Gasteiger partial charge in [-0.05, 0) is 25.0 Å². The van der Waals surface area contributed by atoms with Crippen LogP contribution in [0.25, 0.3) is 0 Å². The van der Waals surface area contributed by atoms with Gasteiger partial charge in [0, 0.05) is 24.8 Å². The first-order chi connectivity index (χ1) is 9.84. The second-order valence-electron chi connectivity index (χ2n) is 5.31. The van der Waals surface area contributed by atoms with Crippen molar-refractivity contribution in [3.63, 3.8) is 0 Å². The van der Waals surface area contributed by atoms with Crippen molar-refractivity contribution >= 4 is 21.2 Å². The lowest BCUT2D eigenvalue weighted by atomic mass is 10.0. The number of nitro groups is 1. The smallest absolute Gasteiger partial charge is 0.310 e. The fourth-order valence-corrected chi connectivity index (χ4v) is 3.63. The van der Waals surface area contributed by atoms with Crippen LogP contribution in [-0.2, 0) is 9.84 Å². The minimum Gasteiger partial charge on any atom is -0.396 e. The van der Waals surface area contributed by atoms with Gasteiger partial charge in [0.2, 0.25) is 0 Å². The molecule has 0 bridgehead atoms. The fourth-order valence-electron chi connectivity index (χ4n) is 2.77. The van der Waals surface area contributed by atoms with Crippen LogP contribution in [0.3, 0.4) is 0 Å². The maximum atomic E-state index is 11.7. The van der Waals surface area contributed by atoms with Crippen molar-refractivity contribution in [1.82, 2.24) is 0 Å². The van der Waals surface area contributed by atoms with E-state index in [1.807, 2.05) is 0 Å². The van der Waals surface area contributed by atoms with Gasteiger partial charge in [-0.3, -0.25) is 10.1 Å². The van der Waals surface area contributed by atoms with Crippen LogP contribution in [0.4, 0.5) is 11.4 Å². The van der Waals surface area contributed by atoms with Crippen molar-refractivity contribution in [3.05, 3.63) is 28.3 Å². The Hall–Kier alpha value is -1.67. The Bertz CT molecular complexity index is 644. The molecule has 1 aromatic carbocycles. The molecule has 0 saturated heterocycles. The van der Waals surface area contributed by atoms with Gasteiger partial charge in [-0.2, -0.15) is 0 Å². The normalized spacial score (nSPS) is 22.2.